The molecule has 2 nitrogen and oxygen atoms in total. The number of aromatic amines is 1. The van der Waals surface area contributed by atoms with Gasteiger partial charge in [-0.3, -0.25) is 0 Å². The van der Waals surface area contributed by atoms with Crippen LogP contribution < -0.4 is 4.57 Å². The summed E-state index contributed by atoms with van der Waals surface area (Å²) >= 11 is 0. The van der Waals surface area contributed by atoms with Gasteiger partial charge in [-0.1, -0.05) is 43.0 Å². The third kappa shape index (κ3) is 1.72. The van der Waals surface area contributed by atoms with E-state index in [1.807, 2.05) is 18.2 Å². The lowest BCUT2D eigenvalue weighted by Crippen LogP contribution is -2.33. The number of para-hydroxylation sites is 2. The number of allylic oxidation sites excluding steroid dienone is 1. The normalized spacial score (nSPS) is 10.7. The monoisotopic (exact) mass is 235 g/mol. The molecule has 18 heavy (non-hydrogen) atoms. The fourth-order valence-corrected chi connectivity index (χ4v) is 2.27. The molecule has 0 fully saturated rings. The molecule has 1 aromatic heterocycles. The molecule has 1 heterocycles. The Morgan fingerprint density at radius 3 is 2.50 bits per heavy atom. The predicted octanol–water partition coefficient (Wildman–Crippen LogP) is 3.31. The zero-order valence-corrected chi connectivity index (χ0v) is 10.1. The summed E-state index contributed by atoms with van der Waals surface area (Å²) in [6, 6.07) is 18.7. The first-order chi connectivity index (χ1) is 8.90. The Labute approximate surface area is 106 Å². The number of hydrogen-bond donors (Lipinski definition) is 1. The minimum atomic E-state index is 0.800. The molecule has 3 rings (SSSR count). The standard InChI is InChI=1S/C16H14N2/c1-2-12-18-15-11-7-6-10-14(15)17-16(18)13-8-4-3-5-9-13/h2-11H,1,12H2/p+1. The lowest BCUT2D eigenvalue weighted by atomic mass is 10.2. The maximum atomic E-state index is 3.84. The van der Waals surface area contributed by atoms with Gasteiger partial charge in [0.15, 0.2) is 11.0 Å². The summed E-state index contributed by atoms with van der Waals surface area (Å²) in [4.78, 5) is 3.48. The van der Waals surface area contributed by atoms with Crippen LogP contribution in [0.2, 0.25) is 0 Å². The zero-order valence-electron chi connectivity index (χ0n) is 10.1. The predicted molar refractivity (Wildman–Crippen MR) is 74.1 cm³/mol. The quantitative estimate of drug-likeness (QED) is 0.531. The van der Waals surface area contributed by atoms with Gasteiger partial charge >= 0.3 is 0 Å². The summed E-state index contributed by atoms with van der Waals surface area (Å²) in [5, 5.41) is 0. The second kappa shape index (κ2) is 4.49. The van der Waals surface area contributed by atoms with Gasteiger partial charge in [0.25, 0.3) is 5.82 Å². The Morgan fingerprint density at radius 1 is 1.00 bits per heavy atom. The molecule has 3 aromatic rings. The van der Waals surface area contributed by atoms with Crippen molar-refractivity contribution < 1.29 is 4.57 Å². The van der Waals surface area contributed by atoms with Crippen molar-refractivity contribution in [3.63, 3.8) is 0 Å². The number of nitrogens with one attached hydrogen (secondary N) is 1. The molecule has 88 valence electrons. The second-order valence-electron chi connectivity index (χ2n) is 4.26. The van der Waals surface area contributed by atoms with Gasteiger partial charge in [-0.2, -0.15) is 0 Å². The van der Waals surface area contributed by atoms with Crippen LogP contribution in [0.3, 0.4) is 0 Å². The molecule has 0 unspecified atom stereocenters. The minimum Gasteiger partial charge on any atom is -0.236 e. The lowest BCUT2D eigenvalue weighted by molar-refractivity contribution is -0.649. The molecule has 0 radical (unpaired) electrons. The highest BCUT2D eigenvalue weighted by Gasteiger charge is 2.18. The van der Waals surface area contributed by atoms with E-state index < -0.39 is 0 Å². The van der Waals surface area contributed by atoms with Crippen LogP contribution in [0.25, 0.3) is 22.4 Å². The Morgan fingerprint density at radius 2 is 1.72 bits per heavy atom. The van der Waals surface area contributed by atoms with Gasteiger partial charge in [0.2, 0.25) is 0 Å². The summed E-state index contributed by atoms with van der Waals surface area (Å²) in [6.07, 6.45) is 1.92. The van der Waals surface area contributed by atoms with Gasteiger partial charge in [-0.15, -0.1) is 0 Å². The molecule has 0 aliphatic rings. The molecule has 0 saturated carbocycles. The number of hydrogen-bond acceptors (Lipinski definition) is 0. The summed E-state index contributed by atoms with van der Waals surface area (Å²) in [7, 11) is 0. The van der Waals surface area contributed by atoms with Crippen LogP contribution in [0.5, 0.6) is 0 Å². The first kappa shape index (κ1) is 10.8. The molecular formula is C16H15N2+. The Kier molecular flexibility index (Phi) is 2.69. The fourth-order valence-electron chi connectivity index (χ4n) is 2.27. The second-order valence-corrected chi connectivity index (χ2v) is 4.26. The summed E-state index contributed by atoms with van der Waals surface area (Å²) in [5.41, 5.74) is 3.55. The van der Waals surface area contributed by atoms with Crippen LogP contribution in [0.4, 0.5) is 0 Å². The Balaban J connectivity index is 2.28. The summed E-state index contributed by atoms with van der Waals surface area (Å²) < 4.78 is 2.25. The van der Waals surface area contributed by atoms with E-state index in [4.69, 9.17) is 0 Å². The number of aromatic nitrogens is 2. The van der Waals surface area contributed by atoms with E-state index in [2.05, 4.69) is 58.6 Å². The van der Waals surface area contributed by atoms with Gasteiger partial charge in [0.05, 0.1) is 5.56 Å². The summed E-state index contributed by atoms with van der Waals surface area (Å²) in [6.45, 7) is 4.64. The van der Waals surface area contributed by atoms with Crippen LogP contribution in [-0.4, -0.2) is 4.98 Å². The van der Waals surface area contributed by atoms with Gasteiger partial charge in [0.1, 0.15) is 6.54 Å². The Bertz CT molecular complexity index is 681. The fraction of sp³-hybridized carbons (Fsp3) is 0.0625. The highest BCUT2D eigenvalue weighted by atomic mass is 15.1. The first-order valence-corrected chi connectivity index (χ1v) is 6.07. The number of benzene rings is 2. The topological polar surface area (TPSA) is 19.7 Å². The Hall–Kier alpha value is -2.35. The molecule has 0 amide bonds. The molecule has 2 heteroatoms. The summed E-state index contributed by atoms with van der Waals surface area (Å²) in [5.74, 6) is 1.12. The zero-order chi connectivity index (χ0) is 12.4. The number of H-pyrrole nitrogens is 1. The number of rotatable bonds is 3. The van der Waals surface area contributed by atoms with Crippen molar-refractivity contribution in [3.05, 3.63) is 67.3 Å². The number of imidazole rings is 1. The first-order valence-electron chi connectivity index (χ1n) is 6.07. The third-order valence-electron chi connectivity index (χ3n) is 3.08. The SMILES string of the molecule is C=CC[n+]1c(-c2ccccc2)[nH]c2ccccc21. The maximum Gasteiger partial charge on any atom is 0.287 e. The van der Waals surface area contributed by atoms with Crippen LogP contribution in [0.1, 0.15) is 0 Å². The van der Waals surface area contributed by atoms with E-state index in [0.29, 0.717) is 0 Å². The van der Waals surface area contributed by atoms with Crippen LogP contribution in [-0.2, 0) is 6.54 Å². The number of fused-ring (bicyclic) bond motifs is 1. The van der Waals surface area contributed by atoms with Crippen molar-refractivity contribution >= 4 is 11.0 Å². The number of nitrogens with zero attached hydrogens (tertiary/aromatic N) is 1. The molecule has 2 aromatic carbocycles. The highest BCUT2D eigenvalue weighted by molar-refractivity contribution is 5.74. The van der Waals surface area contributed by atoms with Gasteiger partial charge in [-0.05, 0) is 24.3 Å². The maximum absolute atomic E-state index is 3.84. The van der Waals surface area contributed by atoms with Crippen molar-refractivity contribution in [2.75, 3.05) is 0 Å². The van der Waals surface area contributed by atoms with E-state index in [-0.39, 0.29) is 0 Å². The van der Waals surface area contributed by atoms with Crippen LogP contribution >= 0.6 is 0 Å². The van der Waals surface area contributed by atoms with Crippen molar-refractivity contribution in [3.8, 4) is 11.4 Å². The molecule has 0 saturated heterocycles. The van der Waals surface area contributed by atoms with E-state index in [1.165, 1.54) is 11.1 Å². The smallest absolute Gasteiger partial charge is 0.236 e. The average molecular weight is 235 g/mol. The highest BCUT2D eigenvalue weighted by Crippen LogP contribution is 2.18. The van der Waals surface area contributed by atoms with Crippen molar-refractivity contribution in [2.24, 2.45) is 0 Å². The largest absolute Gasteiger partial charge is 0.287 e. The average Bonchev–Trinajstić information content (AvgIpc) is 2.80. The molecule has 0 bridgehead atoms. The van der Waals surface area contributed by atoms with Crippen molar-refractivity contribution in [1.82, 2.24) is 4.98 Å². The van der Waals surface area contributed by atoms with Gasteiger partial charge in [0, 0.05) is 0 Å². The van der Waals surface area contributed by atoms with E-state index in [9.17, 15) is 0 Å². The van der Waals surface area contributed by atoms with Gasteiger partial charge < -0.3 is 0 Å². The molecular weight excluding hydrogens is 220 g/mol. The van der Waals surface area contributed by atoms with E-state index in [1.54, 1.807) is 0 Å². The van der Waals surface area contributed by atoms with E-state index in [0.717, 1.165) is 17.9 Å². The van der Waals surface area contributed by atoms with Crippen LogP contribution in [0.15, 0.2) is 67.3 Å². The van der Waals surface area contributed by atoms with Crippen molar-refractivity contribution in [1.29, 1.82) is 0 Å². The molecule has 0 aliphatic carbocycles. The lowest BCUT2D eigenvalue weighted by Gasteiger charge is -1.98. The molecule has 1 N–H and O–H groups in total. The van der Waals surface area contributed by atoms with Crippen molar-refractivity contribution in [2.45, 2.75) is 6.54 Å². The van der Waals surface area contributed by atoms with Crippen LogP contribution in [0, 0.1) is 0 Å². The minimum absolute atomic E-state index is 0.800. The molecule has 0 aliphatic heterocycles. The third-order valence-corrected chi connectivity index (χ3v) is 3.08. The molecule has 0 spiro atoms. The molecule has 0 atom stereocenters. The van der Waals surface area contributed by atoms with E-state index >= 15 is 0 Å². The van der Waals surface area contributed by atoms with Gasteiger partial charge in [-0.25, -0.2) is 9.55 Å².